The number of hydrogen-bond donors (Lipinski definition) is 1. The maximum absolute atomic E-state index is 13.1. The highest BCUT2D eigenvalue weighted by Crippen LogP contribution is 2.34. The van der Waals surface area contributed by atoms with Gasteiger partial charge < -0.3 is 10.1 Å². The Kier molecular flexibility index (Phi) is 5.46. The number of carbonyl (C=O) groups is 1. The highest BCUT2D eigenvalue weighted by molar-refractivity contribution is 6.04. The molecule has 1 N–H and O–H groups in total. The fourth-order valence-corrected chi connectivity index (χ4v) is 4.65. The number of hydrogen-bond acceptors (Lipinski definition) is 5. The molecule has 28 heavy (non-hydrogen) atoms. The Hall–Kier alpha value is -2.25. The normalized spacial score (nSPS) is 20.2. The summed E-state index contributed by atoms with van der Waals surface area (Å²) in [4.78, 5) is 27.9. The minimum absolute atomic E-state index is 0.00580. The first-order valence-electron chi connectivity index (χ1n) is 10.2. The summed E-state index contributed by atoms with van der Waals surface area (Å²) in [6, 6.07) is 7.17. The van der Waals surface area contributed by atoms with Crippen LogP contribution in [-0.2, 0) is 11.8 Å². The second-order valence-electron chi connectivity index (χ2n) is 7.89. The predicted octanol–water partition coefficient (Wildman–Crippen LogP) is 1.70. The van der Waals surface area contributed by atoms with Crippen molar-refractivity contribution < 1.29 is 9.53 Å². The zero-order valence-electron chi connectivity index (χ0n) is 16.4. The van der Waals surface area contributed by atoms with Crippen molar-refractivity contribution in [2.75, 3.05) is 32.8 Å². The summed E-state index contributed by atoms with van der Waals surface area (Å²) in [5.74, 6) is -0.218. The van der Waals surface area contributed by atoms with Gasteiger partial charge in [-0.3, -0.25) is 14.5 Å². The first-order valence-corrected chi connectivity index (χ1v) is 10.2. The number of fused-ring (bicyclic) bond motifs is 1. The van der Waals surface area contributed by atoms with Gasteiger partial charge in [0.2, 0.25) is 0 Å². The SMILES string of the molecule is Cn1nc(C(=O)NCC2(N3CCOCC3)CCCCC2)c2ccccc2c1=O. The average molecular weight is 384 g/mol. The highest BCUT2D eigenvalue weighted by atomic mass is 16.5. The number of aryl methyl sites for hydroxylation is 1. The van der Waals surface area contributed by atoms with E-state index in [-0.39, 0.29) is 17.0 Å². The van der Waals surface area contributed by atoms with E-state index in [1.807, 2.05) is 6.07 Å². The summed E-state index contributed by atoms with van der Waals surface area (Å²) in [5.41, 5.74) is 0.114. The summed E-state index contributed by atoms with van der Waals surface area (Å²) in [7, 11) is 1.59. The summed E-state index contributed by atoms with van der Waals surface area (Å²) < 4.78 is 6.78. The molecule has 1 aliphatic carbocycles. The lowest BCUT2D eigenvalue weighted by Crippen LogP contribution is -2.59. The zero-order chi connectivity index (χ0) is 19.6. The largest absolute Gasteiger partial charge is 0.379 e. The van der Waals surface area contributed by atoms with Crippen LogP contribution in [0, 0.1) is 0 Å². The number of nitrogens with one attached hydrogen (secondary N) is 1. The Morgan fingerprint density at radius 1 is 1.14 bits per heavy atom. The van der Waals surface area contributed by atoms with Gasteiger partial charge in [0.05, 0.1) is 18.6 Å². The highest BCUT2D eigenvalue weighted by Gasteiger charge is 2.39. The number of ether oxygens (including phenoxy) is 1. The van der Waals surface area contributed by atoms with Crippen LogP contribution in [0.15, 0.2) is 29.1 Å². The first kappa shape index (κ1) is 19.1. The molecule has 0 atom stereocenters. The number of amides is 1. The van der Waals surface area contributed by atoms with E-state index in [1.54, 1.807) is 25.2 Å². The number of nitrogens with zero attached hydrogens (tertiary/aromatic N) is 3. The van der Waals surface area contributed by atoms with Gasteiger partial charge in [-0.1, -0.05) is 37.5 Å². The van der Waals surface area contributed by atoms with Crippen molar-refractivity contribution in [2.45, 2.75) is 37.6 Å². The molecule has 2 heterocycles. The first-order chi connectivity index (χ1) is 13.6. The molecule has 2 aliphatic rings. The smallest absolute Gasteiger partial charge is 0.274 e. The van der Waals surface area contributed by atoms with Crippen molar-refractivity contribution in [1.29, 1.82) is 0 Å². The Morgan fingerprint density at radius 3 is 2.54 bits per heavy atom. The summed E-state index contributed by atoms with van der Waals surface area (Å²) >= 11 is 0. The fraction of sp³-hybridized carbons (Fsp3) is 0.571. The molecular weight excluding hydrogens is 356 g/mol. The lowest BCUT2D eigenvalue weighted by Gasteiger charge is -2.48. The van der Waals surface area contributed by atoms with Crippen molar-refractivity contribution in [3.05, 3.63) is 40.3 Å². The van der Waals surface area contributed by atoms with Gasteiger partial charge in [-0.25, -0.2) is 4.68 Å². The van der Waals surface area contributed by atoms with E-state index in [1.165, 1.54) is 23.9 Å². The quantitative estimate of drug-likeness (QED) is 0.868. The molecule has 2 aromatic rings. The molecule has 150 valence electrons. The van der Waals surface area contributed by atoms with Crippen LogP contribution in [0.4, 0.5) is 0 Å². The topological polar surface area (TPSA) is 76.5 Å². The van der Waals surface area contributed by atoms with Crippen molar-refractivity contribution >= 4 is 16.7 Å². The van der Waals surface area contributed by atoms with Gasteiger partial charge in [0.1, 0.15) is 0 Å². The summed E-state index contributed by atoms with van der Waals surface area (Å²) in [5, 5.41) is 8.53. The van der Waals surface area contributed by atoms with E-state index in [4.69, 9.17) is 4.74 Å². The van der Waals surface area contributed by atoms with E-state index < -0.39 is 0 Å². The molecule has 0 spiro atoms. The Balaban J connectivity index is 1.58. The van der Waals surface area contributed by atoms with Crippen LogP contribution in [0.2, 0.25) is 0 Å². The van der Waals surface area contributed by atoms with Crippen LogP contribution in [0.5, 0.6) is 0 Å². The fourth-order valence-electron chi connectivity index (χ4n) is 4.65. The molecule has 1 saturated carbocycles. The minimum Gasteiger partial charge on any atom is -0.379 e. The number of rotatable bonds is 4. The Bertz CT molecular complexity index is 911. The monoisotopic (exact) mass is 384 g/mol. The molecule has 1 aromatic carbocycles. The van der Waals surface area contributed by atoms with E-state index in [2.05, 4.69) is 15.3 Å². The molecule has 1 saturated heterocycles. The lowest BCUT2D eigenvalue weighted by molar-refractivity contribution is -0.0361. The summed E-state index contributed by atoms with van der Waals surface area (Å²) in [6.07, 6.45) is 5.82. The average Bonchev–Trinajstić information content (AvgIpc) is 2.76. The second kappa shape index (κ2) is 8.01. The van der Waals surface area contributed by atoms with Gasteiger partial charge in [0.15, 0.2) is 5.69 Å². The molecule has 1 aliphatic heterocycles. The molecule has 7 nitrogen and oxygen atoms in total. The third-order valence-corrected chi connectivity index (χ3v) is 6.22. The molecule has 4 rings (SSSR count). The number of aromatic nitrogens is 2. The van der Waals surface area contributed by atoms with Gasteiger partial charge in [-0.15, -0.1) is 0 Å². The lowest BCUT2D eigenvalue weighted by atomic mass is 9.79. The molecule has 1 amide bonds. The van der Waals surface area contributed by atoms with Gasteiger partial charge in [-0.2, -0.15) is 5.10 Å². The standard InChI is InChI=1S/C21H28N4O3/c1-24-20(27)17-8-4-3-7-16(17)18(23-24)19(26)22-15-21(9-5-2-6-10-21)25-11-13-28-14-12-25/h3-4,7-8H,2,5-6,9-15H2,1H3,(H,22,26). The molecule has 0 bridgehead atoms. The van der Waals surface area contributed by atoms with Crippen LogP contribution in [-0.4, -0.2) is 59.0 Å². The van der Waals surface area contributed by atoms with Crippen LogP contribution < -0.4 is 10.9 Å². The maximum Gasteiger partial charge on any atom is 0.274 e. The maximum atomic E-state index is 13.1. The van der Waals surface area contributed by atoms with Gasteiger partial charge in [0.25, 0.3) is 11.5 Å². The Labute approximate surface area is 164 Å². The van der Waals surface area contributed by atoms with Crippen molar-refractivity contribution in [3.8, 4) is 0 Å². The minimum atomic E-state index is -0.218. The van der Waals surface area contributed by atoms with Crippen LogP contribution in [0.3, 0.4) is 0 Å². The third kappa shape index (κ3) is 3.56. The van der Waals surface area contributed by atoms with Crippen molar-refractivity contribution in [1.82, 2.24) is 20.0 Å². The number of morpholine rings is 1. The van der Waals surface area contributed by atoms with Crippen LogP contribution in [0.1, 0.15) is 42.6 Å². The van der Waals surface area contributed by atoms with E-state index in [0.29, 0.717) is 23.0 Å². The third-order valence-electron chi connectivity index (χ3n) is 6.22. The van der Waals surface area contributed by atoms with Gasteiger partial charge >= 0.3 is 0 Å². The van der Waals surface area contributed by atoms with Crippen molar-refractivity contribution in [3.63, 3.8) is 0 Å². The number of carbonyl (C=O) groups excluding carboxylic acids is 1. The van der Waals surface area contributed by atoms with Crippen molar-refractivity contribution in [2.24, 2.45) is 7.05 Å². The Morgan fingerprint density at radius 2 is 1.82 bits per heavy atom. The molecular formula is C21H28N4O3. The molecule has 2 fully saturated rings. The van der Waals surface area contributed by atoms with Crippen LogP contribution >= 0.6 is 0 Å². The van der Waals surface area contributed by atoms with E-state index >= 15 is 0 Å². The summed E-state index contributed by atoms with van der Waals surface area (Å²) in [6.45, 7) is 3.93. The second-order valence-corrected chi connectivity index (χ2v) is 7.89. The van der Waals surface area contributed by atoms with Crippen LogP contribution in [0.25, 0.3) is 10.8 Å². The molecule has 1 aromatic heterocycles. The molecule has 0 radical (unpaired) electrons. The van der Waals surface area contributed by atoms with Gasteiger partial charge in [-0.05, 0) is 18.9 Å². The van der Waals surface area contributed by atoms with Gasteiger partial charge in [0, 0.05) is 37.6 Å². The van der Waals surface area contributed by atoms with E-state index in [0.717, 1.165) is 39.1 Å². The predicted molar refractivity (Wildman–Crippen MR) is 108 cm³/mol. The molecule has 7 heteroatoms. The molecule has 0 unspecified atom stereocenters. The zero-order valence-corrected chi connectivity index (χ0v) is 16.4. The number of benzene rings is 1. The van der Waals surface area contributed by atoms with E-state index in [9.17, 15) is 9.59 Å².